The van der Waals surface area contributed by atoms with Gasteiger partial charge >= 0.3 is 12.0 Å². The second-order valence-electron chi connectivity index (χ2n) is 3.43. The third-order valence-electron chi connectivity index (χ3n) is 2.06. The number of hydrogen-bond donors (Lipinski definition) is 3. The molecule has 0 bridgehead atoms. The zero-order chi connectivity index (χ0) is 12.7. The normalized spacial score (nSPS) is 11.8. The first-order valence-corrected chi connectivity index (χ1v) is 6.17. The van der Waals surface area contributed by atoms with Crippen molar-refractivity contribution in [3.63, 3.8) is 0 Å². The van der Waals surface area contributed by atoms with Gasteiger partial charge in [0, 0.05) is 11.6 Å². The Hall–Kier alpha value is -1.63. The SMILES string of the molecule is CCC[C@H](NC(=O)NCc1nccs1)C(=O)O. The highest BCUT2D eigenvalue weighted by atomic mass is 32.1. The van der Waals surface area contributed by atoms with Crippen molar-refractivity contribution >= 4 is 23.3 Å². The van der Waals surface area contributed by atoms with Crippen LogP contribution >= 0.6 is 11.3 Å². The maximum atomic E-state index is 11.4. The first kappa shape index (κ1) is 13.4. The lowest BCUT2D eigenvalue weighted by Gasteiger charge is -2.13. The third kappa shape index (κ3) is 4.81. The number of carbonyl (C=O) groups excluding carboxylic acids is 1. The van der Waals surface area contributed by atoms with Gasteiger partial charge in [-0.25, -0.2) is 14.6 Å². The Morgan fingerprint density at radius 1 is 1.59 bits per heavy atom. The molecular formula is C10H15N3O3S. The predicted molar refractivity (Wildman–Crippen MR) is 63.8 cm³/mol. The second kappa shape index (κ2) is 6.85. The van der Waals surface area contributed by atoms with E-state index in [1.165, 1.54) is 11.3 Å². The van der Waals surface area contributed by atoms with Gasteiger partial charge in [-0.3, -0.25) is 0 Å². The molecule has 7 heteroatoms. The number of aliphatic carboxylic acids is 1. The first-order chi connectivity index (χ1) is 8.13. The molecule has 0 aliphatic rings. The summed E-state index contributed by atoms with van der Waals surface area (Å²) < 4.78 is 0. The highest BCUT2D eigenvalue weighted by Crippen LogP contribution is 2.02. The summed E-state index contributed by atoms with van der Waals surface area (Å²) in [5.74, 6) is -1.02. The van der Waals surface area contributed by atoms with Gasteiger partial charge in [0.2, 0.25) is 0 Å². The van der Waals surface area contributed by atoms with Crippen LogP contribution in [0.3, 0.4) is 0 Å². The molecule has 1 atom stereocenters. The molecule has 1 rings (SSSR count). The van der Waals surface area contributed by atoms with Crippen LogP contribution in [0, 0.1) is 0 Å². The molecule has 2 amide bonds. The van der Waals surface area contributed by atoms with Crippen LogP contribution in [-0.2, 0) is 11.3 Å². The van der Waals surface area contributed by atoms with Gasteiger partial charge in [-0.15, -0.1) is 11.3 Å². The van der Waals surface area contributed by atoms with Crippen LogP contribution < -0.4 is 10.6 Å². The standard InChI is InChI=1S/C10H15N3O3S/c1-2-3-7(9(14)15)13-10(16)12-6-8-11-4-5-17-8/h4-5,7H,2-3,6H2,1H3,(H,14,15)(H2,12,13,16)/t7-/m0/s1. The Kier molecular flexibility index (Phi) is 5.41. The molecule has 0 spiro atoms. The van der Waals surface area contributed by atoms with Gasteiger partial charge < -0.3 is 15.7 Å². The number of rotatable bonds is 6. The quantitative estimate of drug-likeness (QED) is 0.714. The molecule has 0 unspecified atom stereocenters. The number of thiazole rings is 1. The Labute approximate surface area is 103 Å². The van der Waals surface area contributed by atoms with Crippen LogP contribution in [0.25, 0.3) is 0 Å². The molecule has 0 radical (unpaired) electrons. The maximum absolute atomic E-state index is 11.4. The van der Waals surface area contributed by atoms with E-state index in [9.17, 15) is 9.59 Å². The molecule has 0 aliphatic heterocycles. The number of carboxylic acids is 1. The average Bonchev–Trinajstić information content (AvgIpc) is 2.78. The van der Waals surface area contributed by atoms with Gasteiger partial charge in [0.05, 0.1) is 6.54 Å². The molecule has 1 aromatic rings. The number of nitrogens with one attached hydrogen (secondary N) is 2. The number of nitrogens with zero attached hydrogens (tertiary/aromatic N) is 1. The Morgan fingerprint density at radius 3 is 2.88 bits per heavy atom. The Morgan fingerprint density at radius 2 is 2.35 bits per heavy atom. The largest absolute Gasteiger partial charge is 0.480 e. The summed E-state index contributed by atoms with van der Waals surface area (Å²) in [5, 5.41) is 16.4. The third-order valence-corrected chi connectivity index (χ3v) is 2.84. The fourth-order valence-corrected chi connectivity index (χ4v) is 1.81. The fraction of sp³-hybridized carbons (Fsp3) is 0.500. The van der Waals surface area contributed by atoms with E-state index in [0.29, 0.717) is 19.4 Å². The van der Waals surface area contributed by atoms with Crippen molar-refractivity contribution in [2.75, 3.05) is 0 Å². The molecule has 3 N–H and O–H groups in total. The van der Waals surface area contributed by atoms with E-state index in [-0.39, 0.29) is 0 Å². The summed E-state index contributed by atoms with van der Waals surface area (Å²) in [6, 6.07) is -1.32. The van der Waals surface area contributed by atoms with E-state index in [4.69, 9.17) is 5.11 Å². The fourth-order valence-electron chi connectivity index (χ4n) is 1.25. The lowest BCUT2D eigenvalue weighted by atomic mass is 10.2. The van der Waals surface area contributed by atoms with E-state index in [0.717, 1.165) is 5.01 Å². The zero-order valence-corrected chi connectivity index (χ0v) is 10.3. The van der Waals surface area contributed by atoms with E-state index in [2.05, 4.69) is 15.6 Å². The number of carboxylic acid groups (broad SMARTS) is 1. The van der Waals surface area contributed by atoms with Crippen molar-refractivity contribution in [3.8, 4) is 0 Å². The van der Waals surface area contributed by atoms with Crippen LogP contribution in [0.5, 0.6) is 0 Å². The van der Waals surface area contributed by atoms with E-state index in [1.807, 2.05) is 12.3 Å². The van der Waals surface area contributed by atoms with Gasteiger partial charge in [0.15, 0.2) is 0 Å². The maximum Gasteiger partial charge on any atom is 0.326 e. The van der Waals surface area contributed by atoms with Crippen molar-refractivity contribution in [2.24, 2.45) is 0 Å². The summed E-state index contributed by atoms with van der Waals surface area (Å²) >= 11 is 1.43. The predicted octanol–water partition coefficient (Wildman–Crippen LogP) is 1.20. The number of aromatic nitrogens is 1. The summed E-state index contributed by atoms with van der Waals surface area (Å²) in [6.07, 6.45) is 2.76. The summed E-state index contributed by atoms with van der Waals surface area (Å²) in [7, 11) is 0. The van der Waals surface area contributed by atoms with Gasteiger partial charge in [-0.2, -0.15) is 0 Å². The van der Waals surface area contributed by atoms with Gasteiger partial charge in [0.1, 0.15) is 11.0 Å². The molecule has 6 nitrogen and oxygen atoms in total. The first-order valence-electron chi connectivity index (χ1n) is 5.29. The molecule has 1 aromatic heterocycles. The number of amides is 2. The molecule has 0 aromatic carbocycles. The van der Waals surface area contributed by atoms with Crippen molar-refractivity contribution in [2.45, 2.75) is 32.4 Å². The van der Waals surface area contributed by atoms with E-state index >= 15 is 0 Å². The molecule has 0 fully saturated rings. The molecule has 0 aliphatic carbocycles. The van der Waals surface area contributed by atoms with Crippen molar-refractivity contribution in [3.05, 3.63) is 16.6 Å². The summed E-state index contributed by atoms with van der Waals surface area (Å²) in [4.78, 5) is 26.2. The highest BCUT2D eigenvalue weighted by molar-refractivity contribution is 7.09. The lowest BCUT2D eigenvalue weighted by Crippen LogP contribution is -2.45. The van der Waals surface area contributed by atoms with Crippen molar-refractivity contribution < 1.29 is 14.7 Å². The molecule has 17 heavy (non-hydrogen) atoms. The Balaban J connectivity index is 2.34. The zero-order valence-electron chi connectivity index (χ0n) is 9.47. The highest BCUT2D eigenvalue weighted by Gasteiger charge is 2.18. The minimum Gasteiger partial charge on any atom is -0.480 e. The summed E-state index contributed by atoms with van der Waals surface area (Å²) in [5.41, 5.74) is 0. The molecule has 0 saturated heterocycles. The Bertz CT molecular complexity index is 367. The number of carbonyl (C=O) groups is 2. The minimum atomic E-state index is -1.02. The number of urea groups is 1. The van der Waals surface area contributed by atoms with Crippen LogP contribution in [0.15, 0.2) is 11.6 Å². The summed E-state index contributed by atoms with van der Waals surface area (Å²) in [6.45, 7) is 2.17. The van der Waals surface area contributed by atoms with Gasteiger partial charge in [-0.05, 0) is 6.42 Å². The van der Waals surface area contributed by atoms with Crippen LogP contribution in [0.2, 0.25) is 0 Å². The smallest absolute Gasteiger partial charge is 0.326 e. The molecule has 1 heterocycles. The topological polar surface area (TPSA) is 91.3 Å². The van der Waals surface area contributed by atoms with Gasteiger partial charge in [0.25, 0.3) is 0 Å². The van der Waals surface area contributed by atoms with Crippen LogP contribution in [0.1, 0.15) is 24.8 Å². The number of hydrogen-bond acceptors (Lipinski definition) is 4. The average molecular weight is 257 g/mol. The lowest BCUT2D eigenvalue weighted by molar-refractivity contribution is -0.139. The minimum absolute atomic E-state index is 0.308. The van der Waals surface area contributed by atoms with Crippen molar-refractivity contribution in [1.82, 2.24) is 15.6 Å². The second-order valence-corrected chi connectivity index (χ2v) is 4.41. The van der Waals surface area contributed by atoms with Crippen LogP contribution in [0.4, 0.5) is 4.79 Å². The molecular weight excluding hydrogens is 242 g/mol. The van der Waals surface area contributed by atoms with E-state index < -0.39 is 18.0 Å². The monoisotopic (exact) mass is 257 g/mol. The molecule has 94 valence electrons. The van der Waals surface area contributed by atoms with E-state index in [1.54, 1.807) is 6.20 Å². The van der Waals surface area contributed by atoms with Gasteiger partial charge in [-0.1, -0.05) is 13.3 Å². The van der Waals surface area contributed by atoms with Crippen LogP contribution in [-0.4, -0.2) is 28.1 Å². The van der Waals surface area contributed by atoms with Crippen molar-refractivity contribution in [1.29, 1.82) is 0 Å². The molecule has 0 saturated carbocycles.